The molecule has 0 aromatic heterocycles. The predicted molar refractivity (Wildman–Crippen MR) is 63.7 cm³/mol. The number of benzene rings is 1. The van der Waals surface area contributed by atoms with Crippen molar-refractivity contribution in [3.05, 3.63) is 29.1 Å². The van der Waals surface area contributed by atoms with Crippen molar-refractivity contribution in [2.24, 2.45) is 0 Å². The van der Waals surface area contributed by atoms with E-state index in [0.717, 1.165) is 19.6 Å². The molecule has 1 aliphatic heterocycles. The summed E-state index contributed by atoms with van der Waals surface area (Å²) in [7, 11) is 0. The molecular weight excluding hydrogens is 231 g/mol. The molecule has 3 N–H and O–H groups in total. The number of phenolic OH excluding ortho intramolecular Hbond substituents is 1. The van der Waals surface area contributed by atoms with Crippen LogP contribution in [0.25, 0.3) is 0 Å². The summed E-state index contributed by atoms with van der Waals surface area (Å²) in [5, 5.41) is 16.3. The summed E-state index contributed by atoms with van der Waals surface area (Å²) in [6.45, 7) is 4.17. The second-order valence-electron chi connectivity index (χ2n) is 3.87. The van der Waals surface area contributed by atoms with Crippen LogP contribution in [0.3, 0.4) is 0 Å². The molecule has 1 aromatic carbocycles. The smallest absolute Gasteiger partial charge is 0.124 e. The van der Waals surface area contributed by atoms with Crippen molar-refractivity contribution in [2.75, 3.05) is 19.6 Å². The van der Waals surface area contributed by atoms with Gasteiger partial charge in [-0.2, -0.15) is 0 Å². The van der Waals surface area contributed by atoms with Gasteiger partial charge in [0.25, 0.3) is 0 Å². The standard InChI is InChI=1S/C11H15FN2O.ClH/c1-7-4-8(12)5-9(11(7)15)10-6-13-2-3-14-10;/h4-5,10,13-15H,2-3,6H2,1H3;1H/t10-;/m1./s1. The molecule has 0 bridgehead atoms. The number of nitrogens with one attached hydrogen (secondary N) is 2. The Morgan fingerprint density at radius 3 is 2.75 bits per heavy atom. The summed E-state index contributed by atoms with van der Waals surface area (Å²) in [5.41, 5.74) is 1.22. The molecule has 5 heteroatoms. The van der Waals surface area contributed by atoms with E-state index in [-0.39, 0.29) is 30.0 Å². The number of phenols is 1. The molecule has 0 unspecified atom stereocenters. The number of hydrogen-bond donors (Lipinski definition) is 3. The van der Waals surface area contributed by atoms with E-state index in [1.54, 1.807) is 6.92 Å². The van der Waals surface area contributed by atoms with Crippen molar-refractivity contribution in [1.29, 1.82) is 0 Å². The Labute approximate surface area is 100 Å². The Morgan fingerprint density at radius 2 is 2.12 bits per heavy atom. The molecule has 90 valence electrons. The van der Waals surface area contributed by atoms with Gasteiger partial charge in [0.2, 0.25) is 0 Å². The highest BCUT2D eigenvalue weighted by Gasteiger charge is 2.19. The molecule has 0 radical (unpaired) electrons. The van der Waals surface area contributed by atoms with Crippen LogP contribution in [0.1, 0.15) is 17.2 Å². The predicted octanol–water partition coefficient (Wildman–Crippen LogP) is 1.50. The first-order valence-corrected chi connectivity index (χ1v) is 5.11. The fourth-order valence-corrected chi connectivity index (χ4v) is 1.90. The van der Waals surface area contributed by atoms with Crippen molar-refractivity contribution in [3.8, 4) is 5.75 Å². The average molecular weight is 247 g/mol. The van der Waals surface area contributed by atoms with Crippen molar-refractivity contribution in [2.45, 2.75) is 13.0 Å². The van der Waals surface area contributed by atoms with Crippen LogP contribution in [-0.4, -0.2) is 24.7 Å². The van der Waals surface area contributed by atoms with Gasteiger partial charge >= 0.3 is 0 Å². The zero-order chi connectivity index (χ0) is 10.8. The molecule has 1 heterocycles. The van der Waals surface area contributed by atoms with Crippen molar-refractivity contribution < 1.29 is 9.50 Å². The minimum Gasteiger partial charge on any atom is -0.507 e. The van der Waals surface area contributed by atoms with E-state index in [4.69, 9.17) is 0 Å². The van der Waals surface area contributed by atoms with Gasteiger partial charge < -0.3 is 15.7 Å². The lowest BCUT2D eigenvalue weighted by Gasteiger charge is -2.25. The maximum Gasteiger partial charge on any atom is 0.124 e. The molecule has 3 nitrogen and oxygen atoms in total. The van der Waals surface area contributed by atoms with Crippen LogP contribution < -0.4 is 10.6 Å². The van der Waals surface area contributed by atoms with Crippen molar-refractivity contribution in [3.63, 3.8) is 0 Å². The van der Waals surface area contributed by atoms with Gasteiger partial charge in [0, 0.05) is 31.2 Å². The Hall–Kier alpha value is -0.840. The van der Waals surface area contributed by atoms with E-state index in [0.29, 0.717) is 11.1 Å². The van der Waals surface area contributed by atoms with Gasteiger partial charge in [-0.25, -0.2) is 4.39 Å². The third-order valence-electron chi connectivity index (χ3n) is 2.71. The first-order chi connectivity index (χ1) is 7.18. The molecule has 1 aromatic rings. The lowest BCUT2D eigenvalue weighted by Crippen LogP contribution is -2.42. The number of aromatic hydroxyl groups is 1. The molecule has 1 fully saturated rings. The molecule has 1 saturated heterocycles. The molecule has 0 saturated carbocycles. The van der Waals surface area contributed by atoms with Crippen molar-refractivity contribution >= 4 is 12.4 Å². The molecule has 16 heavy (non-hydrogen) atoms. The molecule has 0 spiro atoms. The number of halogens is 2. The number of aryl methyl sites for hydroxylation is 1. The summed E-state index contributed by atoms with van der Waals surface area (Å²) >= 11 is 0. The molecule has 1 aliphatic rings. The second kappa shape index (κ2) is 5.48. The van der Waals surface area contributed by atoms with Crippen LogP contribution in [0.5, 0.6) is 5.75 Å². The first kappa shape index (κ1) is 13.2. The minimum atomic E-state index is -0.298. The topological polar surface area (TPSA) is 44.3 Å². The molecule has 2 rings (SSSR count). The monoisotopic (exact) mass is 246 g/mol. The number of rotatable bonds is 1. The summed E-state index contributed by atoms with van der Waals surface area (Å²) < 4.78 is 13.2. The van der Waals surface area contributed by atoms with Crippen LogP contribution in [0.15, 0.2) is 12.1 Å². The summed E-state index contributed by atoms with van der Waals surface area (Å²) in [4.78, 5) is 0. The van der Waals surface area contributed by atoms with Crippen LogP contribution >= 0.6 is 12.4 Å². The third-order valence-corrected chi connectivity index (χ3v) is 2.71. The average Bonchev–Trinajstić information content (AvgIpc) is 2.24. The van der Waals surface area contributed by atoms with E-state index in [1.807, 2.05) is 0 Å². The van der Waals surface area contributed by atoms with Crippen LogP contribution in [0, 0.1) is 12.7 Å². The molecule has 0 amide bonds. The fourth-order valence-electron chi connectivity index (χ4n) is 1.90. The van der Waals surface area contributed by atoms with Gasteiger partial charge in [-0.1, -0.05) is 0 Å². The lowest BCUT2D eigenvalue weighted by atomic mass is 10.0. The highest BCUT2D eigenvalue weighted by atomic mass is 35.5. The fraction of sp³-hybridized carbons (Fsp3) is 0.455. The molecule has 0 aliphatic carbocycles. The van der Waals surface area contributed by atoms with Gasteiger partial charge in [-0.15, -0.1) is 12.4 Å². The maximum absolute atomic E-state index is 13.2. The maximum atomic E-state index is 13.2. The molecular formula is C11H16ClFN2O. The number of piperazine rings is 1. The second-order valence-corrected chi connectivity index (χ2v) is 3.87. The Bertz CT molecular complexity index is 367. The summed E-state index contributed by atoms with van der Waals surface area (Å²) in [6.07, 6.45) is 0. The van der Waals surface area contributed by atoms with Crippen LogP contribution in [-0.2, 0) is 0 Å². The van der Waals surface area contributed by atoms with Gasteiger partial charge in [0.1, 0.15) is 11.6 Å². The van der Waals surface area contributed by atoms with Crippen molar-refractivity contribution in [1.82, 2.24) is 10.6 Å². The quantitative estimate of drug-likeness (QED) is 0.704. The Kier molecular flexibility index (Phi) is 4.53. The largest absolute Gasteiger partial charge is 0.507 e. The normalized spacial score (nSPS) is 20.2. The number of hydrogen-bond acceptors (Lipinski definition) is 3. The highest BCUT2D eigenvalue weighted by Crippen LogP contribution is 2.28. The summed E-state index contributed by atoms with van der Waals surface area (Å²) in [6, 6.07) is 2.73. The Balaban J connectivity index is 0.00000128. The minimum absolute atomic E-state index is 0. The molecule has 1 atom stereocenters. The van der Waals surface area contributed by atoms with Gasteiger partial charge in [0.15, 0.2) is 0 Å². The highest BCUT2D eigenvalue weighted by molar-refractivity contribution is 5.85. The third kappa shape index (κ3) is 2.64. The Morgan fingerprint density at radius 1 is 1.38 bits per heavy atom. The van der Waals surface area contributed by atoms with E-state index in [2.05, 4.69) is 10.6 Å². The zero-order valence-corrected chi connectivity index (χ0v) is 9.90. The van der Waals surface area contributed by atoms with E-state index >= 15 is 0 Å². The van der Waals surface area contributed by atoms with Gasteiger partial charge in [-0.05, 0) is 24.6 Å². The van der Waals surface area contributed by atoms with Crippen LogP contribution in [0.4, 0.5) is 4.39 Å². The SMILES string of the molecule is Cc1cc(F)cc([C@H]2CNCCN2)c1O.Cl. The zero-order valence-electron chi connectivity index (χ0n) is 9.09. The van der Waals surface area contributed by atoms with Gasteiger partial charge in [0.05, 0.1) is 0 Å². The summed E-state index contributed by atoms with van der Waals surface area (Å²) in [5.74, 6) is -0.106. The van der Waals surface area contributed by atoms with E-state index in [1.165, 1.54) is 12.1 Å². The van der Waals surface area contributed by atoms with E-state index < -0.39 is 0 Å². The van der Waals surface area contributed by atoms with Gasteiger partial charge in [-0.3, -0.25) is 0 Å². The van der Waals surface area contributed by atoms with E-state index in [9.17, 15) is 9.50 Å². The lowest BCUT2D eigenvalue weighted by molar-refractivity contribution is 0.400. The first-order valence-electron chi connectivity index (χ1n) is 5.11. The van der Waals surface area contributed by atoms with Crippen LogP contribution in [0.2, 0.25) is 0 Å².